The topological polar surface area (TPSA) is 77.9 Å². The molecule has 0 aromatic carbocycles. The van der Waals surface area contributed by atoms with Crippen molar-refractivity contribution >= 4 is 17.9 Å². The molecule has 1 fully saturated rings. The van der Waals surface area contributed by atoms with Crippen LogP contribution in [-0.2, 0) is 9.59 Å². The molecule has 144 valence electrons. The van der Waals surface area contributed by atoms with Crippen LogP contribution in [0.4, 0.5) is 4.79 Å². The van der Waals surface area contributed by atoms with Crippen molar-refractivity contribution in [3.05, 3.63) is 0 Å². The van der Waals surface area contributed by atoms with Gasteiger partial charge in [0.1, 0.15) is 6.04 Å². The lowest BCUT2D eigenvalue weighted by Crippen LogP contribution is -2.36. The predicted molar refractivity (Wildman–Crippen MR) is 97.4 cm³/mol. The van der Waals surface area contributed by atoms with Gasteiger partial charge in [-0.25, -0.2) is 4.79 Å². The highest BCUT2D eigenvalue weighted by atomic mass is 16.4. The maximum Gasteiger partial charge on any atom is 0.327 e. The van der Waals surface area contributed by atoms with E-state index in [4.69, 9.17) is 5.11 Å². The summed E-state index contributed by atoms with van der Waals surface area (Å²) in [6, 6.07) is -0.491. The maximum absolute atomic E-state index is 12.3. The first kappa shape index (κ1) is 21.5. The normalized spacial score (nSPS) is 17.6. The molecule has 1 saturated heterocycles. The third-order valence-electron chi connectivity index (χ3n) is 4.90. The molecular weight excluding hydrogens is 320 g/mol. The summed E-state index contributed by atoms with van der Waals surface area (Å²) in [6.45, 7) is 2.78. The van der Waals surface area contributed by atoms with Crippen molar-refractivity contribution < 1.29 is 19.5 Å². The molecule has 0 radical (unpaired) electrons. The molecule has 1 atom stereocenters. The van der Waals surface area contributed by atoms with E-state index in [0.717, 1.165) is 38.5 Å². The number of hydrogen-bond donors (Lipinski definition) is 1. The maximum atomic E-state index is 12.3. The van der Waals surface area contributed by atoms with Crippen molar-refractivity contribution in [1.82, 2.24) is 9.80 Å². The molecule has 6 heteroatoms. The summed E-state index contributed by atoms with van der Waals surface area (Å²) >= 11 is 0. The van der Waals surface area contributed by atoms with Gasteiger partial charge < -0.3 is 10.0 Å². The number of aliphatic carboxylic acids is 1. The summed E-state index contributed by atoms with van der Waals surface area (Å²) in [7, 11) is 1.56. The highest BCUT2D eigenvalue weighted by molar-refractivity contribution is 6.03. The van der Waals surface area contributed by atoms with Crippen LogP contribution in [0.5, 0.6) is 0 Å². The van der Waals surface area contributed by atoms with Gasteiger partial charge in [-0.3, -0.25) is 14.5 Å². The molecule has 1 aliphatic rings. The predicted octanol–water partition coefficient (Wildman–Crippen LogP) is 4.03. The molecule has 25 heavy (non-hydrogen) atoms. The third-order valence-corrected chi connectivity index (χ3v) is 4.90. The molecule has 0 spiro atoms. The van der Waals surface area contributed by atoms with Gasteiger partial charge in [-0.1, -0.05) is 58.3 Å². The average Bonchev–Trinajstić information content (AvgIpc) is 2.78. The Morgan fingerprint density at radius 1 is 0.960 bits per heavy atom. The molecule has 0 aliphatic carbocycles. The highest BCUT2D eigenvalue weighted by Gasteiger charge is 2.41. The molecule has 0 saturated carbocycles. The molecule has 1 rings (SSSR count). The van der Waals surface area contributed by atoms with Gasteiger partial charge in [0.15, 0.2) is 0 Å². The number of unbranched alkanes of at least 4 members (excludes halogenated alkanes) is 8. The van der Waals surface area contributed by atoms with Crippen molar-refractivity contribution in [2.75, 3.05) is 13.6 Å². The molecule has 1 aliphatic heterocycles. The van der Waals surface area contributed by atoms with Gasteiger partial charge in [-0.15, -0.1) is 0 Å². The van der Waals surface area contributed by atoms with Crippen LogP contribution in [0.2, 0.25) is 0 Å². The van der Waals surface area contributed by atoms with Crippen LogP contribution in [0.15, 0.2) is 0 Å². The number of carboxylic acid groups (broad SMARTS) is 1. The lowest BCUT2D eigenvalue weighted by atomic mass is 10.0. The molecule has 6 nitrogen and oxygen atoms in total. The number of imide groups is 1. The van der Waals surface area contributed by atoms with Crippen molar-refractivity contribution in [3.8, 4) is 0 Å². The molecule has 0 aromatic rings. The molecular formula is C19H34N2O4. The largest absolute Gasteiger partial charge is 0.481 e. The lowest BCUT2D eigenvalue weighted by Gasteiger charge is -2.21. The van der Waals surface area contributed by atoms with Crippen molar-refractivity contribution in [2.24, 2.45) is 0 Å². The van der Waals surface area contributed by atoms with Crippen LogP contribution in [0.3, 0.4) is 0 Å². The first-order valence-electron chi connectivity index (χ1n) is 9.79. The number of carbonyl (C=O) groups is 3. The van der Waals surface area contributed by atoms with Gasteiger partial charge in [0.2, 0.25) is 0 Å². The number of rotatable bonds is 14. The number of nitrogens with zero attached hydrogens (tertiary/aromatic N) is 2. The van der Waals surface area contributed by atoms with Gasteiger partial charge in [0.25, 0.3) is 5.91 Å². The van der Waals surface area contributed by atoms with Crippen LogP contribution in [0.25, 0.3) is 0 Å². The van der Waals surface area contributed by atoms with Crippen LogP contribution >= 0.6 is 0 Å². The van der Waals surface area contributed by atoms with Gasteiger partial charge in [-0.2, -0.15) is 0 Å². The van der Waals surface area contributed by atoms with E-state index in [2.05, 4.69) is 6.92 Å². The van der Waals surface area contributed by atoms with E-state index < -0.39 is 5.97 Å². The molecule has 1 unspecified atom stereocenters. The Hall–Kier alpha value is -1.59. The summed E-state index contributed by atoms with van der Waals surface area (Å²) < 4.78 is 0. The van der Waals surface area contributed by atoms with E-state index in [1.807, 2.05) is 0 Å². The molecule has 1 N–H and O–H groups in total. The fraction of sp³-hybridized carbons (Fsp3) is 0.842. The van der Waals surface area contributed by atoms with E-state index in [-0.39, 0.29) is 24.4 Å². The average molecular weight is 354 g/mol. The Morgan fingerprint density at radius 2 is 1.56 bits per heavy atom. The summed E-state index contributed by atoms with van der Waals surface area (Å²) in [6.07, 6.45) is 11.2. The second-order valence-electron chi connectivity index (χ2n) is 7.00. The van der Waals surface area contributed by atoms with Crippen LogP contribution in [0, 0.1) is 0 Å². The zero-order chi connectivity index (χ0) is 18.7. The molecule has 0 aromatic heterocycles. The van der Waals surface area contributed by atoms with Crippen LogP contribution in [-0.4, -0.2) is 52.4 Å². The number of carboxylic acids is 1. The second kappa shape index (κ2) is 11.9. The lowest BCUT2D eigenvalue weighted by molar-refractivity contribution is -0.137. The monoisotopic (exact) mass is 354 g/mol. The van der Waals surface area contributed by atoms with E-state index >= 15 is 0 Å². The highest BCUT2D eigenvalue weighted by Crippen LogP contribution is 2.22. The van der Waals surface area contributed by atoms with Crippen LogP contribution in [0.1, 0.15) is 84.0 Å². The van der Waals surface area contributed by atoms with Crippen LogP contribution < -0.4 is 0 Å². The van der Waals surface area contributed by atoms with E-state index in [1.54, 1.807) is 11.9 Å². The smallest absolute Gasteiger partial charge is 0.327 e. The Balaban J connectivity index is 2.33. The standard InChI is InChI=1S/C19H34N2O4/c1-3-4-5-6-7-10-13-16-18(24)20(2)19(25)21(16)15-12-9-8-11-14-17(22)23/h16H,3-15H2,1-2H3,(H,22,23). The van der Waals surface area contributed by atoms with E-state index in [1.165, 1.54) is 30.6 Å². The zero-order valence-electron chi connectivity index (χ0n) is 15.8. The second-order valence-corrected chi connectivity index (χ2v) is 7.00. The van der Waals surface area contributed by atoms with E-state index in [9.17, 15) is 14.4 Å². The third kappa shape index (κ3) is 7.45. The van der Waals surface area contributed by atoms with Crippen molar-refractivity contribution in [2.45, 2.75) is 90.0 Å². The molecule has 1 heterocycles. The quantitative estimate of drug-likeness (QED) is 0.377. The fourth-order valence-corrected chi connectivity index (χ4v) is 3.34. The zero-order valence-corrected chi connectivity index (χ0v) is 15.8. The Kier molecular flexibility index (Phi) is 10.2. The summed E-state index contributed by atoms with van der Waals surface area (Å²) in [4.78, 5) is 38.0. The first-order chi connectivity index (χ1) is 12.0. The minimum absolute atomic E-state index is 0.0792. The molecule has 0 bridgehead atoms. The van der Waals surface area contributed by atoms with Gasteiger partial charge in [0, 0.05) is 20.0 Å². The summed E-state index contributed by atoms with van der Waals surface area (Å²) in [5, 5.41) is 8.62. The molecule has 3 amide bonds. The minimum atomic E-state index is -0.763. The summed E-state index contributed by atoms with van der Waals surface area (Å²) in [5.74, 6) is -0.842. The van der Waals surface area contributed by atoms with Crippen molar-refractivity contribution in [1.29, 1.82) is 0 Å². The first-order valence-corrected chi connectivity index (χ1v) is 9.79. The Labute approximate surface area is 151 Å². The fourth-order valence-electron chi connectivity index (χ4n) is 3.34. The van der Waals surface area contributed by atoms with Gasteiger partial charge >= 0.3 is 12.0 Å². The van der Waals surface area contributed by atoms with Gasteiger partial charge in [0.05, 0.1) is 0 Å². The van der Waals surface area contributed by atoms with E-state index in [0.29, 0.717) is 13.0 Å². The number of hydrogen-bond acceptors (Lipinski definition) is 3. The Morgan fingerprint density at radius 3 is 2.24 bits per heavy atom. The number of urea groups is 1. The minimum Gasteiger partial charge on any atom is -0.481 e. The Bertz CT molecular complexity index is 439. The summed E-state index contributed by atoms with van der Waals surface area (Å²) in [5.41, 5.74) is 0. The number of amides is 3. The number of carbonyl (C=O) groups excluding carboxylic acids is 2. The SMILES string of the molecule is CCCCCCCCC1C(=O)N(C)C(=O)N1CCCCCCC(=O)O. The van der Waals surface area contributed by atoms with Gasteiger partial charge in [-0.05, 0) is 19.3 Å². The number of likely N-dealkylation sites (N-methyl/N-ethyl adjacent to an activating group) is 1. The van der Waals surface area contributed by atoms with Crippen molar-refractivity contribution in [3.63, 3.8) is 0 Å².